The Morgan fingerprint density at radius 3 is 2.05 bits per heavy atom. The lowest BCUT2D eigenvalue weighted by atomic mass is 10.2. The van der Waals surface area contributed by atoms with Gasteiger partial charge in [-0.25, -0.2) is 4.98 Å². The first-order valence-electron chi connectivity index (χ1n) is 7.74. The lowest BCUT2D eigenvalue weighted by Gasteiger charge is -2.25. The fourth-order valence-electron chi connectivity index (χ4n) is 2.25. The van der Waals surface area contributed by atoms with Crippen molar-refractivity contribution < 1.29 is 0 Å². The molecule has 0 atom stereocenters. The summed E-state index contributed by atoms with van der Waals surface area (Å²) < 4.78 is 0. The van der Waals surface area contributed by atoms with E-state index in [4.69, 9.17) is 4.98 Å². The number of nitrogens with zero attached hydrogens (tertiary/aromatic N) is 3. The van der Waals surface area contributed by atoms with Crippen LogP contribution in [-0.2, 0) is 0 Å². The van der Waals surface area contributed by atoms with E-state index in [-0.39, 0.29) is 0 Å². The van der Waals surface area contributed by atoms with Gasteiger partial charge in [0.05, 0.1) is 11.4 Å². The van der Waals surface area contributed by atoms with Crippen LogP contribution in [0, 0.1) is 13.8 Å². The van der Waals surface area contributed by atoms with E-state index in [9.17, 15) is 0 Å². The molecule has 0 aliphatic carbocycles. The van der Waals surface area contributed by atoms with Crippen LogP contribution >= 0.6 is 0 Å². The molecular formula is C16H29N3. The Morgan fingerprint density at radius 2 is 1.53 bits per heavy atom. The molecule has 0 aromatic carbocycles. The van der Waals surface area contributed by atoms with Crippen LogP contribution in [0.2, 0.25) is 0 Å². The van der Waals surface area contributed by atoms with Crippen LogP contribution in [0.4, 0.5) is 5.82 Å². The quantitative estimate of drug-likeness (QED) is 0.623. The molecular weight excluding hydrogens is 234 g/mol. The van der Waals surface area contributed by atoms with E-state index in [1.165, 1.54) is 38.5 Å². The summed E-state index contributed by atoms with van der Waals surface area (Å²) >= 11 is 0. The highest BCUT2D eigenvalue weighted by molar-refractivity contribution is 5.43. The third-order valence-corrected chi connectivity index (χ3v) is 3.41. The highest BCUT2D eigenvalue weighted by Crippen LogP contribution is 2.17. The monoisotopic (exact) mass is 263 g/mol. The van der Waals surface area contributed by atoms with Crippen molar-refractivity contribution in [3.05, 3.63) is 17.6 Å². The summed E-state index contributed by atoms with van der Waals surface area (Å²) in [5.41, 5.74) is 2.06. The van der Waals surface area contributed by atoms with Crippen molar-refractivity contribution in [3.63, 3.8) is 0 Å². The highest BCUT2D eigenvalue weighted by Gasteiger charge is 2.11. The summed E-state index contributed by atoms with van der Waals surface area (Å²) in [6.45, 7) is 10.8. The van der Waals surface area contributed by atoms with Crippen molar-refractivity contribution in [2.24, 2.45) is 0 Å². The Balaban J connectivity index is 2.72. The third-order valence-electron chi connectivity index (χ3n) is 3.41. The molecule has 0 fully saturated rings. The van der Waals surface area contributed by atoms with Crippen molar-refractivity contribution in [1.82, 2.24) is 9.97 Å². The largest absolute Gasteiger partial charge is 0.355 e. The number of unbranched alkanes of at least 4 members (excludes halogenated alkanes) is 4. The SMILES string of the molecule is CCCCCN(CCCCC)c1nc(C)cnc1C. The average molecular weight is 263 g/mol. The summed E-state index contributed by atoms with van der Waals surface area (Å²) in [7, 11) is 0. The van der Waals surface area contributed by atoms with Crippen molar-refractivity contribution >= 4 is 5.82 Å². The summed E-state index contributed by atoms with van der Waals surface area (Å²) in [5.74, 6) is 1.09. The minimum Gasteiger partial charge on any atom is -0.355 e. The van der Waals surface area contributed by atoms with Gasteiger partial charge < -0.3 is 4.90 Å². The molecule has 3 nitrogen and oxygen atoms in total. The number of aryl methyl sites for hydroxylation is 2. The van der Waals surface area contributed by atoms with Crippen LogP contribution in [0.25, 0.3) is 0 Å². The van der Waals surface area contributed by atoms with Crippen molar-refractivity contribution in [3.8, 4) is 0 Å². The van der Waals surface area contributed by atoms with E-state index >= 15 is 0 Å². The molecule has 0 aliphatic heterocycles. The summed E-state index contributed by atoms with van der Waals surface area (Å²) in [4.78, 5) is 11.6. The van der Waals surface area contributed by atoms with E-state index in [1.807, 2.05) is 13.1 Å². The lowest BCUT2D eigenvalue weighted by Crippen LogP contribution is -2.28. The average Bonchev–Trinajstić information content (AvgIpc) is 2.40. The fourth-order valence-corrected chi connectivity index (χ4v) is 2.25. The van der Waals surface area contributed by atoms with Crippen LogP contribution in [-0.4, -0.2) is 23.1 Å². The Kier molecular flexibility index (Phi) is 7.46. The van der Waals surface area contributed by atoms with Crippen molar-refractivity contribution in [2.45, 2.75) is 66.2 Å². The zero-order chi connectivity index (χ0) is 14.1. The molecule has 1 heterocycles. The number of rotatable bonds is 9. The number of anilines is 1. The van der Waals surface area contributed by atoms with Crippen LogP contribution in [0.5, 0.6) is 0 Å². The molecule has 0 N–H and O–H groups in total. The smallest absolute Gasteiger partial charge is 0.150 e. The Hall–Kier alpha value is -1.12. The van der Waals surface area contributed by atoms with Gasteiger partial charge in [-0.1, -0.05) is 39.5 Å². The molecule has 0 radical (unpaired) electrons. The second-order valence-electron chi connectivity index (χ2n) is 5.32. The zero-order valence-corrected chi connectivity index (χ0v) is 13.1. The van der Waals surface area contributed by atoms with Gasteiger partial charge in [-0.2, -0.15) is 0 Å². The number of aromatic nitrogens is 2. The first-order valence-corrected chi connectivity index (χ1v) is 7.74. The summed E-state index contributed by atoms with van der Waals surface area (Å²) in [6, 6.07) is 0. The van der Waals surface area contributed by atoms with Crippen LogP contribution in [0.15, 0.2) is 6.20 Å². The van der Waals surface area contributed by atoms with Gasteiger partial charge in [0.15, 0.2) is 0 Å². The maximum Gasteiger partial charge on any atom is 0.150 e. The minimum absolute atomic E-state index is 1.01. The van der Waals surface area contributed by atoms with Crippen molar-refractivity contribution in [2.75, 3.05) is 18.0 Å². The van der Waals surface area contributed by atoms with Crippen LogP contribution in [0.1, 0.15) is 63.8 Å². The highest BCUT2D eigenvalue weighted by atomic mass is 15.2. The van der Waals surface area contributed by atoms with Gasteiger partial charge in [0.25, 0.3) is 0 Å². The molecule has 3 heteroatoms. The standard InChI is InChI=1S/C16H29N3/c1-5-7-9-11-19(12-10-8-6-2)16-15(4)17-13-14(3)18-16/h13H,5-12H2,1-4H3. The molecule has 19 heavy (non-hydrogen) atoms. The molecule has 0 spiro atoms. The minimum atomic E-state index is 1.01. The third kappa shape index (κ3) is 5.58. The van der Waals surface area contributed by atoms with Crippen molar-refractivity contribution in [1.29, 1.82) is 0 Å². The zero-order valence-electron chi connectivity index (χ0n) is 13.1. The second kappa shape index (κ2) is 8.89. The van der Waals surface area contributed by atoms with E-state index in [0.717, 1.165) is 30.3 Å². The molecule has 0 aliphatic rings. The van der Waals surface area contributed by atoms with Crippen LogP contribution < -0.4 is 4.90 Å². The molecule has 0 saturated heterocycles. The van der Waals surface area contributed by atoms with E-state index < -0.39 is 0 Å². The van der Waals surface area contributed by atoms with Crippen LogP contribution in [0.3, 0.4) is 0 Å². The predicted molar refractivity (Wildman–Crippen MR) is 82.8 cm³/mol. The van der Waals surface area contributed by atoms with Gasteiger partial charge in [0.1, 0.15) is 5.82 Å². The number of hydrogen-bond donors (Lipinski definition) is 0. The van der Waals surface area contributed by atoms with E-state index in [2.05, 4.69) is 30.7 Å². The normalized spacial score (nSPS) is 10.7. The Bertz CT molecular complexity index is 353. The molecule has 0 bridgehead atoms. The maximum atomic E-state index is 4.69. The lowest BCUT2D eigenvalue weighted by molar-refractivity contribution is 0.629. The van der Waals surface area contributed by atoms with Gasteiger partial charge in [0, 0.05) is 19.3 Å². The first kappa shape index (κ1) is 15.9. The number of hydrogen-bond acceptors (Lipinski definition) is 3. The molecule has 0 saturated carbocycles. The maximum absolute atomic E-state index is 4.69. The van der Waals surface area contributed by atoms with Gasteiger partial charge >= 0.3 is 0 Å². The molecule has 0 unspecified atom stereocenters. The predicted octanol–water partition coefficient (Wildman–Crippen LogP) is 4.28. The molecule has 1 aromatic heterocycles. The van der Waals surface area contributed by atoms with Gasteiger partial charge in [0.2, 0.25) is 0 Å². The van der Waals surface area contributed by atoms with E-state index in [0.29, 0.717) is 0 Å². The van der Waals surface area contributed by atoms with Gasteiger partial charge in [-0.15, -0.1) is 0 Å². The first-order chi connectivity index (χ1) is 9.19. The summed E-state index contributed by atoms with van der Waals surface area (Å²) in [5, 5.41) is 0. The topological polar surface area (TPSA) is 29.0 Å². The fraction of sp³-hybridized carbons (Fsp3) is 0.750. The second-order valence-corrected chi connectivity index (χ2v) is 5.32. The Morgan fingerprint density at radius 1 is 0.947 bits per heavy atom. The van der Waals surface area contributed by atoms with Gasteiger partial charge in [-0.3, -0.25) is 4.98 Å². The summed E-state index contributed by atoms with van der Waals surface area (Å²) in [6.07, 6.45) is 9.47. The molecule has 1 rings (SSSR count). The Labute approximate surface area is 118 Å². The molecule has 1 aromatic rings. The molecule has 0 amide bonds. The van der Waals surface area contributed by atoms with Gasteiger partial charge in [-0.05, 0) is 26.7 Å². The molecule has 108 valence electrons. The van der Waals surface area contributed by atoms with E-state index in [1.54, 1.807) is 0 Å².